The van der Waals surface area contributed by atoms with Gasteiger partial charge in [0, 0.05) is 10.6 Å². The van der Waals surface area contributed by atoms with Crippen LogP contribution in [0.25, 0.3) is 10.8 Å². The van der Waals surface area contributed by atoms with Crippen molar-refractivity contribution in [2.24, 2.45) is 5.92 Å². The third-order valence-electron chi connectivity index (χ3n) is 4.63. The monoisotopic (exact) mass is 399 g/mol. The molecule has 1 aliphatic carbocycles. The predicted molar refractivity (Wildman–Crippen MR) is 109 cm³/mol. The number of carbonyl (C=O) groups excluding carboxylic acids is 1. The molecule has 0 radical (unpaired) electrons. The van der Waals surface area contributed by atoms with E-state index in [0.29, 0.717) is 11.1 Å². The first kappa shape index (κ1) is 18.3. The van der Waals surface area contributed by atoms with E-state index in [1.807, 2.05) is 37.3 Å². The number of carbonyl (C=O) groups is 1. The molecule has 5 nitrogen and oxygen atoms in total. The van der Waals surface area contributed by atoms with Gasteiger partial charge in [0.2, 0.25) is 5.91 Å². The Morgan fingerprint density at radius 2 is 2.15 bits per heavy atom. The molecule has 0 fully saturated rings. The van der Waals surface area contributed by atoms with Gasteiger partial charge >= 0.3 is 0 Å². The molecule has 0 spiro atoms. The van der Waals surface area contributed by atoms with E-state index in [-0.39, 0.29) is 11.2 Å². The molecule has 0 unspecified atom stereocenters. The van der Waals surface area contributed by atoms with Crippen LogP contribution in [0, 0.1) is 5.92 Å². The second-order valence-corrected chi connectivity index (χ2v) is 9.32. The summed E-state index contributed by atoms with van der Waals surface area (Å²) in [5.41, 5.74) is 2.19. The fourth-order valence-corrected chi connectivity index (χ4v) is 4.95. The molecule has 1 amide bonds. The van der Waals surface area contributed by atoms with Crippen LogP contribution < -0.4 is 5.32 Å². The molecule has 1 N–H and O–H groups in total. The zero-order valence-electron chi connectivity index (χ0n) is 15.3. The van der Waals surface area contributed by atoms with Crippen LogP contribution in [0.5, 0.6) is 0 Å². The molecular weight excluding hydrogens is 378 g/mol. The van der Waals surface area contributed by atoms with Crippen LogP contribution in [0.4, 0.5) is 5.69 Å². The second-order valence-electron chi connectivity index (χ2n) is 6.90. The molecule has 1 aromatic carbocycles. The zero-order chi connectivity index (χ0) is 18.8. The van der Waals surface area contributed by atoms with Crippen molar-refractivity contribution in [3.63, 3.8) is 0 Å². The zero-order valence-corrected chi connectivity index (χ0v) is 16.9. The summed E-state index contributed by atoms with van der Waals surface area (Å²) >= 11 is 3.02. The van der Waals surface area contributed by atoms with Crippen LogP contribution in [0.15, 0.2) is 46.0 Å². The molecule has 2 atom stereocenters. The number of rotatable bonds is 5. The minimum absolute atomic E-state index is 0.0912. The van der Waals surface area contributed by atoms with Gasteiger partial charge in [0.25, 0.3) is 11.1 Å². The first-order chi connectivity index (χ1) is 13.1. The summed E-state index contributed by atoms with van der Waals surface area (Å²) < 4.78 is 5.82. The lowest BCUT2D eigenvalue weighted by molar-refractivity contribution is -0.115. The number of amides is 1. The van der Waals surface area contributed by atoms with E-state index >= 15 is 0 Å². The smallest absolute Gasteiger partial charge is 0.277 e. The van der Waals surface area contributed by atoms with Gasteiger partial charge in [0.05, 0.1) is 10.1 Å². The van der Waals surface area contributed by atoms with E-state index in [0.717, 1.165) is 29.3 Å². The number of aromatic nitrogens is 2. The first-order valence-electron chi connectivity index (χ1n) is 9.06. The summed E-state index contributed by atoms with van der Waals surface area (Å²) in [5, 5.41) is 11.3. The van der Waals surface area contributed by atoms with E-state index < -0.39 is 0 Å². The Morgan fingerprint density at radius 1 is 1.33 bits per heavy atom. The molecule has 2 aromatic heterocycles. The Labute approximate surface area is 166 Å². The molecule has 1 aliphatic rings. The Hall–Kier alpha value is -2.12. The molecule has 4 rings (SSSR count). The van der Waals surface area contributed by atoms with E-state index in [9.17, 15) is 4.79 Å². The summed E-state index contributed by atoms with van der Waals surface area (Å²) in [6, 6.07) is 11.6. The minimum Gasteiger partial charge on any atom is -0.410 e. The Morgan fingerprint density at radius 3 is 2.96 bits per heavy atom. The fourth-order valence-electron chi connectivity index (χ4n) is 3.14. The maximum Gasteiger partial charge on any atom is 0.277 e. The van der Waals surface area contributed by atoms with Crippen LogP contribution in [0.2, 0.25) is 0 Å². The van der Waals surface area contributed by atoms with Gasteiger partial charge in [-0.05, 0) is 55.9 Å². The lowest BCUT2D eigenvalue weighted by Crippen LogP contribution is -2.22. The number of hydrogen-bond donors (Lipinski definition) is 1. The van der Waals surface area contributed by atoms with Crippen molar-refractivity contribution in [3.8, 4) is 10.8 Å². The standard InChI is InChI=1S/C20H21N3O2S2/c1-12-8-9-16-14(10-12)11-17(27-16)19-22-23-20(25-19)26-13(2)18(24)21-15-6-4-3-5-7-15/h3-7,11-13H,8-10H2,1-2H3,(H,21,24)/t12-,13-/m1/s1. The van der Waals surface area contributed by atoms with Crippen molar-refractivity contribution in [1.29, 1.82) is 0 Å². The van der Waals surface area contributed by atoms with Crippen LogP contribution in [-0.4, -0.2) is 21.4 Å². The number of thioether (sulfide) groups is 1. The van der Waals surface area contributed by atoms with Crippen molar-refractivity contribution in [3.05, 3.63) is 46.8 Å². The van der Waals surface area contributed by atoms with Crippen molar-refractivity contribution in [1.82, 2.24) is 10.2 Å². The van der Waals surface area contributed by atoms with Crippen molar-refractivity contribution in [2.45, 2.75) is 43.6 Å². The normalized spacial score (nSPS) is 17.3. The number of nitrogens with one attached hydrogen (secondary N) is 1. The molecule has 0 saturated heterocycles. The Kier molecular flexibility index (Phi) is 5.31. The van der Waals surface area contributed by atoms with Gasteiger partial charge < -0.3 is 9.73 Å². The quantitative estimate of drug-likeness (QED) is 0.609. The van der Waals surface area contributed by atoms with Gasteiger partial charge in [-0.15, -0.1) is 21.5 Å². The van der Waals surface area contributed by atoms with Gasteiger partial charge in [-0.1, -0.05) is 36.9 Å². The Bertz CT molecular complexity index is 936. The van der Waals surface area contributed by atoms with Gasteiger partial charge in [-0.3, -0.25) is 4.79 Å². The highest BCUT2D eigenvalue weighted by atomic mass is 32.2. The second kappa shape index (κ2) is 7.86. The third-order valence-corrected chi connectivity index (χ3v) is 6.79. The topological polar surface area (TPSA) is 68.0 Å². The molecule has 3 aromatic rings. The summed E-state index contributed by atoms with van der Waals surface area (Å²) in [6.45, 7) is 4.13. The number of aryl methyl sites for hydroxylation is 1. The van der Waals surface area contributed by atoms with Crippen LogP contribution in [-0.2, 0) is 17.6 Å². The van der Waals surface area contributed by atoms with E-state index in [1.165, 1.54) is 28.6 Å². The SMILES string of the molecule is C[C@@H]1CCc2sc(-c3nnc(S[C@H](C)C(=O)Nc4ccccc4)o3)cc2C1. The average molecular weight is 400 g/mol. The van der Waals surface area contributed by atoms with Crippen LogP contribution >= 0.6 is 23.1 Å². The molecule has 140 valence electrons. The number of anilines is 1. The maximum atomic E-state index is 12.3. The van der Waals surface area contributed by atoms with Gasteiger partial charge in [0.15, 0.2) is 0 Å². The predicted octanol–water partition coefficient (Wildman–Crippen LogP) is 5.04. The van der Waals surface area contributed by atoms with Gasteiger partial charge in [-0.2, -0.15) is 0 Å². The molecule has 0 saturated carbocycles. The number of hydrogen-bond acceptors (Lipinski definition) is 6. The largest absolute Gasteiger partial charge is 0.410 e. The van der Waals surface area contributed by atoms with E-state index in [4.69, 9.17) is 4.42 Å². The lowest BCUT2D eigenvalue weighted by Gasteiger charge is -2.16. The van der Waals surface area contributed by atoms with Gasteiger partial charge in [0.1, 0.15) is 0 Å². The highest BCUT2D eigenvalue weighted by Crippen LogP contribution is 2.37. The van der Waals surface area contributed by atoms with Crippen molar-refractivity contribution in [2.75, 3.05) is 5.32 Å². The fraction of sp³-hybridized carbons (Fsp3) is 0.350. The number of para-hydroxylation sites is 1. The number of benzene rings is 1. The lowest BCUT2D eigenvalue weighted by atomic mass is 9.90. The highest BCUT2D eigenvalue weighted by molar-refractivity contribution is 8.00. The summed E-state index contributed by atoms with van der Waals surface area (Å²) in [6.07, 6.45) is 3.50. The van der Waals surface area contributed by atoms with E-state index in [2.05, 4.69) is 28.5 Å². The maximum absolute atomic E-state index is 12.3. The minimum atomic E-state index is -0.337. The summed E-state index contributed by atoms with van der Waals surface area (Å²) in [7, 11) is 0. The Balaban J connectivity index is 1.41. The van der Waals surface area contributed by atoms with Crippen molar-refractivity contribution < 1.29 is 9.21 Å². The number of nitrogens with zero attached hydrogens (tertiary/aromatic N) is 2. The average Bonchev–Trinajstić information content (AvgIpc) is 3.28. The summed E-state index contributed by atoms with van der Waals surface area (Å²) in [4.78, 5) is 14.8. The molecule has 0 aliphatic heterocycles. The van der Waals surface area contributed by atoms with Crippen molar-refractivity contribution >= 4 is 34.7 Å². The first-order valence-corrected chi connectivity index (χ1v) is 10.8. The van der Waals surface area contributed by atoms with Crippen LogP contribution in [0.3, 0.4) is 0 Å². The molecule has 27 heavy (non-hydrogen) atoms. The molecule has 7 heteroatoms. The van der Waals surface area contributed by atoms with E-state index in [1.54, 1.807) is 11.3 Å². The summed E-state index contributed by atoms with van der Waals surface area (Å²) in [5.74, 6) is 1.18. The third kappa shape index (κ3) is 4.25. The number of fused-ring (bicyclic) bond motifs is 1. The van der Waals surface area contributed by atoms with Gasteiger partial charge in [-0.25, -0.2) is 0 Å². The number of thiophene rings is 1. The molecule has 2 heterocycles. The molecule has 0 bridgehead atoms. The molecular formula is C20H21N3O2S2. The van der Waals surface area contributed by atoms with Crippen LogP contribution in [0.1, 0.15) is 30.7 Å². The highest BCUT2D eigenvalue weighted by Gasteiger charge is 2.22.